The Kier molecular flexibility index (Phi) is 5.12. The van der Waals surface area contributed by atoms with Gasteiger partial charge in [-0.2, -0.15) is 0 Å². The Hall–Kier alpha value is -3.48. The van der Waals surface area contributed by atoms with Crippen molar-refractivity contribution in [2.24, 2.45) is 0 Å². The van der Waals surface area contributed by atoms with Gasteiger partial charge in [0, 0.05) is 5.70 Å². The second kappa shape index (κ2) is 7.87. The van der Waals surface area contributed by atoms with Gasteiger partial charge in [-0.1, -0.05) is 37.3 Å². The number of benzene rings is 2. The van der Waals surface area contributed by atoms with Gasteiger partial charge in [0.25, 0.3) is 0 Å². The van der Waals surface area contributed by atoms with Crippen LogP contribution in [0.4, 0.5) is 4.79 Å². The number of rotatable bonds is 5. The molecule has 2 N–H and O–H groups in total. The van der Waals surface area contributed by atoms with Crippen molar-refractivity contribution in [3.05, 3.63) is 70.4 Å². The number of ether oxygens (including phenoxy) is 3. The number of carbonyl (C=O) groups is 2. The van der Waals surface area contributed by atoms with Gasteiger partial charge in [-0.3, -0.25) is 0 Å². The summed E-state index contributed by atoms with van der Waals surface area (Å²) in [7, 11) is 0. The first-order valence-corrected chi connectivity index (χ1v) is 9.48. The second-order valence-corrected chi connectivity index (χ2v) is 6.93. The zero-order valence-electron chi connectivity index (χ0n) is 16.3. The SMILES string of the molecule is CCc1ccc([C@@H]2NC(=O)NC(C)=C2C(=O)OCc2ccc3c(c2)OCO3)cc1. The number of hydrogen-bond acceptors (Lipinski definition) is 5. The van der Waals surface area contributed by atoms with Gasteiger partial charge < -0.3 is 24.8 Å². The highest BCUT2D eigenvalue weighted by Crippen LogP contribution is 2.33. The summed E-state index contributed by atoms with van der Waals surface area (Å²) in [5.74, 6) is 0.820. The molecule has 4 rings (SSSR count). The molecule has 2 aromatic carbocycles. The smallest absolute Gasteiger partial charge is 0.338 e. The minimum Gasteiger partial charge on any atom is -0.457 e. The Labute approximate surface area is 168 Å². The van der Waals surface area contributed by atoms with Crippen LogP contribution in [-0.4, -0.2) is 18.8 Å². The van der Waals surface area contributed by atoms with E-state index in [-0.39, 0.29) is 19.4 Å². The summed E-state index contributed by atoms with van der Waals surface area (Å²) >= 11 is 0. The second-order valence-electron chi connectivity index (χ2n) is 6.93. The summed E-state index contributed by atoms with van der Waals surface area (Å²) in [5.41, 5.74) is 3.66. The van der Waals surface area contributed by atoms with Crippen molar-refractivity contribution in [1.82, 2.24) is 10.6 Å². The van der Waals surface area contributed by atoms with Gasteiger partial charge in [-0.25, -0.2) is 9.59 Å². The molecule has 0 aromatic heterocycles. The van der Waals surface area contributed by atoms with Crippen molar-refractivity contribution in [3.8, 4) is 11.5 Å². The topological polar surface area (TPSA) is 85.9 Å². The summed E-state index contributed by atoms with van der Waals surface area (Å²) in [6.45, 7) is 4.05. The first-order valence-electron chi connectivity index (χ1n) is 9.48. The molecule has 7 nitrogen and oxygen atoms in total. The first kappa shape index (κ1) is 18.9. The quantitative estimate of drug-likeness (QED) is 0.760. The molecule has 2 heterocycles. The predicted molar refractivity (Wildman–Crippen MR) is 105 cm³/mol. The molecule has 0 saturated carbocycles. The fourth-order valence-electron chi connectivity index (χ4n) is 3.42. The standard InChI is InChI=1S/C22H22N2O5/c1-3-14-4-7-16(8-5-14)20-19(13(2)23-22(26)24-20)21(25)27-11-15-6-9-17-18(10-15)29-12-28-17/h4-10,20H,3,11-12H2,1-2H3,(H2,23,24,26)/t20-/m0/s1. The fraction of sp³-hybridized carbons (Fsp3) is 0.273. The van der Waals surface area contributed by atoms with Crippen LogP contribution >= 0.6 is 0 Å². The third kappa shape index (κ3) is 3.89. The van der Waals surface area contributed by atoms with Gasteiger partial charge in [-0.15, -0.1) is 0 Å². The number of hydrogen-bond donors (Lipinski definition) is 2. The molecule has 2 aliphatic rings. The fourth-order valence-corrected chi connectivity index (χ4v) is 3.42. The normalized spacial score (nSPS) is 17.6. The average Bonchev–Trinajstić information content (AvgIpc) is 3.19. The van der Waals surface area contributed by atoms with Crippen LogP contribution in [0.1, 0.15) is 36.6 Å². The summed E-state index contributed by atoms with van der Waals surface area (Å²) in [6.07, 6.45) is 0.915. The van der Waals surface area contributed by atoms with E-state index in [2.05, 4.69) is 17.6 Å². The van der Waals surface area contributed by atoms with E-state index in [0.717, 1.165) is 17.5 Å². The van der Waals surface area contributed by atoms with Gasteiger partial charge >= 0.3 is 12.0 Å². The number of aryl methyl sites for hydroxylation is 1. The van der Waals surface area contributed by atoms with E-state index >= 15 is 0 Å². The van der Waals surface area contributed by atoms with Crippen molar-refractivity contribution in [2.75, 3.05) is 6.79 Å². The molecule has 0 spiro atoms. The molecular weight excluding hydrogens is 372 g/mol. The largest absolute Gasteiger partial charge is 0.457 e. The highest BCUT2D eigenvalue weighted by molar-refractivity contribution is 5.95. The molecular formula is C22H22N2O5. The lowest BCUT2D eigenvalue weighted by molar-refractivity contribution is -0.140. The number of allylic oxidation sites excluding steroid dienone is 1. The molecule has 0 saturated heterocycles. The number of urea groups is 1. The van der Waals surface area contributed by atoms with E-state index in [1.54, 1.807) is 19.1 Å². The summed E-state index contributed by atoms with van der Waals surface area (Å²) in [4.78, 5) is 24.9. The van der Waals surface area contributed by atoms with Gasteiger partial charge in [-0.05, 0) is 42.2 Å². The van der Waals surface area contributed by atoms with Crippen LogP contribution in [-0.2, 0) is 22.6 Å². The van der Waals surface area contributed by atoms with Gasteiger partial charge in [0.2, 0.25) is 6.79 Å². The lowest BCUT2D eigenvalue weighted by Crippen LogP contribution is -2.45. The Morgan fingerprint density at radius 1 is 1.10 bits per heavy atom. The molecule has 0 aliphatic carbocycles. The molecule has 0 unspecified atom stereocenters. The van der Waals surface area contributed by atoms with E-state index in [9.17, 15) is 9.59 Å². The molecule has 29 heavy (non-hydrogen) atoms. The zero-order valence-corrected chi connectivity index (χ0v) is 16.3. The molecule has 0 radical (unpaired) electrons. The minimum absolute atomic E-state index is 0.0850. The molecule has 2 aliphatic heterocycles. The van der Waals surface area contributed by atoms with Crippen LogP contribution in [0.25, 0.3) is 0 Å². The van der Waals surface area contributed by atoms with E-state index in [1.807, 2.05) is 30.3 Å². The molecule has 0 fully saturated rings. The maximum Gasteiger partial charge on any atom is 0.338 e. The maximum atomic E-state index is 12.9. The third-order valence-electron chi connectivity index (χ3n) is 5.02. The number of nitrogens with one attached hydrogen (secondary N) is 2. The Bertz CT molecular complexity index is 981. The summed E-state index contributed by atoms with van der Waals surface area (Å²) < 4.78 is 16.2. The number of esters is 1. The highest BCUT2D eigenvalue weighted by atomic mass is 16.7. The third-order valence-corrected chi connectivity index (χ3v) is 5.02. The van der Waals surface area contributed by atoms with Crippen molar-refractivity contribution in [1.29, 1.82) is 0 Å². The van der Waals surface area contributed by atoms with Gasteiger partial charge in [0.05, 0.1) is 11.6 Å². The first-order chi connectivity index (χ1) is 14.0. The molecule has 2 aromatic rings. The number of carbonyl (C=O) groups excluding carboxylic acids is 2. The molecule has 2 amide bonds. The number of amides is 2. The molecule has 150 valence electrons. The van der Waals surface area contributed by atoms with Crippen LogP contribution in [0.15, 0.2) is 53.7 Å². The summed E-state index contributed by atoms with van der Waals surface area (Å²) in [6, 6.07) is 12.3. The maximum absolute atomic E-state index is 12.9. The Balaban J connectivity index is 1.53. The Morgan fingerprint density at radius 3 is 2.59 bits per heavy atom. The minimum atomic E-state index is -0.570. The van der Waals surface area contributed by atoms with Gasteiger partial charge in [0.1, 0.15) is 6.61 Å². The monoisotopic (exact) mass is 394 g/mol. The molecule has 0 bridgehead atoms. The van der Waals surface area contributed by atoms with Crippen molar-refractivity contribution in [3.63, 3.8) is 0 Å². The van der Waals surface area contributed by atoms with Crippen molar-refractivity contribution >= 4 is 12.0 Å². The highest BCUT2D eigenvalue weighted by Gasteiger charge is 2.32. The molecule has 7 heteroatoms. The van der Waals surface area contributed by atoms with Crippen molar-refractivity contribution < 1.29 is 23.8 Å². The van der Waals surface area contributed by atoms with E-state index in [0.29, 0.717) is 22.8 Å². The predicted octanol–water partition coefficient (Wildman–Crippen LogP) is 3.35. The van der Waals surface area contributed by atoms with Crippen LogP contribution in [0.2, 0.25) is 0 Å². The molecule has 1 atom stereocenters. The Morgan fingerprint density at radius 2 is 1.83 bits per heavy atom. The van der Waals surface area contributed by atoms with Crippen LogP contribution < -0.4 is 20.1 Å². The average molecular weight is 394 g/mol. The van der Waals surface area contributed by atoms with Crippen LogP contribution in [0.5, 0.6) is 11.5 Å². The van der Waals surface area contributed by atoms with Gasteiger partial charge in [0.15, 0.2) is 11.5 Å². The van der Waals surface area contributed by atoms with E-state index in [1.165, 1.54) is 5.56 Å². The van der Waals surface area contributed by atoms with E-state index in [4.69, 9.17) is 14.2 Å². The van der Waals surface area contributed by atoms with Crippen LogP contribution in [0, 0.1) is 0 Å². The lowest BCUT2D eigenvalue weighted by Gasteiger charge is -2.28. The zero-order chi connectivity index (χ0) is 20.4. The van der Waals surface area contributed by atoms with Crippen LogP contribution in [0.3, 0.4) is 0 Å². The van der Waals surface area contributed by atoms with Crippen molar-refractivity contribution in [2.45, 2.75) is 32.9 Å². The summed E-state index contributed by atoms with van der Waals surface area (Å²) in [5, 5.41) is 5.48. The van der Waals surface area contributed by atoms with E-state index < -0.39 is 12.0 Å². The lowest BCUT2D eigenvalue weighted by atomic mass is 9.94. The number of fused-ring (bicyclic) bond motifs is 1.